The molecular weight excluding hydrogens is 379 g/mol. The number of H-pyrrole nitrogens is 1. The molecule has 3 rings (SSSR count). The van der Waals surface area contributed by atoms with Crippen LogP contribution in [0.2, 0.25) is 0 Å². The molecule has 0 aliphatic carbocycles. The Kier molecular flexibility index (Phi) is 6.20. The van der Waals surface area contributed by atoms with Gasteiger partial charge in [0, 0.05) is 31.6 Å². The van der Waals surface area contributed by atoms with Crippen molar-refractivity contribution in [1.29, 1.82) is 0 Å². The highest BCUT2D eigenvalue weighted by Gasteiger charge is 2.22. The van der Waals surface area contributed by atoms with Gasteiger partial charge >= 0.3 is 0 Å². The summed E-state index contributed by atoms with van der Waals surface area (Å²) in [4.78, 5) is 34.0. The number of thioether (sulfide) groups is 1. The van der Waals surface area contributed by atoms with Crippen molar-refractivity contribution in [3.05, 3.63) is 57.3 Å². The number of carbonyl (C=O) groups excluding carboxylic acids is 1. The largest absolute Gasteiger partial charge is 0.351 e. The molecule has 1 aromatic heterocycles. The van der Waals surface area contributed by atoms with Gasteiger partial charge in [-0.15, -0.1) is 0 Å². The van der Waals surface area contributed by atoms with Gasteiger partial charge in [0.1, 0.15) is 5.82 Å². The zero-order chi connectivity index (χ0) is 20.3. The summed E-state index contributed by atoms with van der Waals surface area (Å²) in [6.07, 6.45) is 0.669. The molecular formula is C20H25FN4O2S. The van der Waals surface area contributed by atoms with Crippen LogP contribution in [0.25, 0.3) is 0 Å². The number of nitrogens with zero attached hydrogens (tertiary/aromatic N) is 2. The van der Waals surface area contributed by atoms with Gasteiger partial charge in [-0.25, -0.2) is 9.37 Å². The summed E-state index contributed by atoms with van der Waals surface area (Å²) < 4.78 is 13.1. The standard InChI is InChI=1S/C20H25FN4O2S/c1-20(2,3)24-17(26)12-28-19-22-16-8-9-25(11-15(16)18(27)23-19)10-13-4-6-14(21)7-5-13/h4-7H,8-12H2,1-3H3,(H,24,26)(H,22,23,27). The lowest BCUT2D eigenvalue weighted by Crippen LogP contribution is -2.41. The second kappa shape index (κ2) is 8.45. The van der Waals surface area contributed by atoms with Gasteiger partial charge in [0.05, 0.1) is 17.0 Å². The predicted octanol–water partition coefficient (Wildman–Crippen LogP) is 2.47. The Balaban J connectivity index is 1.63. The molecule has 0 atom stereocenters. The van der Waals surface area contributed by atoms with Crippen molar-refractivity contribution < 1.29 is 9.18 Å². The number of hydrogen-bond donors (Lipinski definition) is 2. The smallest absolute Gasteiger partial charge is 0.256 e. The highest BCUT2D eigenvalue weighted by molar-refractivity contribution is 7.99. The maximum absolute atomic E-state index is 13.1. The molecule has 28 heavy (non-hydrogen) atoms. The molecule has 8 heteroatoms. The minimum Gasteiger partial charge on any atom is -0.351 e. The third kappa shape index (κ3) is 5.65. The van der Waals surface area contributed by atoms with Gasteiger partial charge in [-0.3, -0.25) is 14.5 Å². The molecule has 1 aliphatic rings. The molecule has 2 N–H and O–H groups in total. The molecule has 2 heterocycles. The SMILES string of the molecule is CC(C)(C)NC(=O)CSc1nc2c(c(=O)[nH]1)CN(Cc1ccc(F)cc1)CC2. The van der Waals surface area contributed by atoms with Gasteiger partial charge < -0.3 is 10.3 Å². The minimum atomic E-state index is -0.289. The maximum Gasteiger partial charge on any atom is 0.256 e. The molecule has 0 bridgehead atoms. The van der Waals surface area contributed by atoms with Gasteiger partial charge in [0.2, 0.25) is 5.91 Å². The van der Waals surface area contributed by atoms with Crippen LogP contribution in [0.3, 0.4) is 0 Å². The van der Waals surface area contributed by atoms with E-state index in [9.17, 15) is 14.0 Å². The van der Waals surface area contributed by atoms with Gasteiger partial charge in [0.15, 0.2) is 5.16 Å². The molecule has 0 unspecified atom stereocenters. The number of halogens is 1. The van der Waals surface area contributed by atoms with Crippen LogP contribution in [0.5, 0.6) is 0 Å². The quantitative estimate of drug-likeness (QED) is 0.591. The number of aromatic nitrogens is 2. The van der Waals surface area contributed by atoms with E-state index in [4.69, 9.17) is 0 Å². The monoisotopic (exact) mass is 404 g/mol. The Hall–Kier alpha value is -2.19. The highest BCUT2D eigenvalue weighted by atomic mass is 32.2. The first-order valence-corrected chi connectivity index (χ1v) is 10.2. The minimum absolute atomic E-state index is 0.0941. The number of aromatic amines is 1. The van der Waals surface area contributed by atoms with E-state index < -0.39 is 0 Å². The maximum atomic E-state index is 13.1. The Morgan fingerprint density at radius 1 is 1.32 bits per heavy atom. The van der Waals surface area contributed by atoms with Crippen molar-refractivity contribution in [2.75, 3.05) is 12.3 Å². The second-order valence-corrected chi connectivity index (χ2v) is 8.93. The first-order chi connectivity index (χ1) is 13.2. The molecule has 1 aliphatic heterocycles. The van der Waals surface area contributed by atoms with Crippen molar-refractivity contribution in [1.82, 2.24) is 20.2 Å². The third-order valence-corrected chi connectivity index (χ3v) is 5.17. The summed E-state index contributed by atoms with van der Waals surface area (Å²) >= 11 is 1.23. The number of fused-ring (bicyclic) bond motifs is 1. The van der Waals surface area contributed by atoms with Crippen LogP contribution in [0.15, 0.2) is 34.2 Å². The van der Waals surface area contributed by atoms with Crippen molar-refractivity contribution in [3.8, 4) is 0 Å². The van der Waals surface area contributed by atoms with Crippen molar-refractivity contribution >= 4 is 17.7 Å². The summed E-state index contributed by atoms with van der Waals surface area (Å²) in [6.45, 7) is 7.70. The molecule has 2 aromatic rings. The van der Waals surface area contributed by atoms with Crippen LogP contribution in [0, 0.1) is 5.82 Å². The van der Waals surface area contributed by atoms with E-state index in [1.165, 1.54) is 23.9 Å². The van der Waals surface area contributed by atoms with Crippen LogP contribution in [0.1, 0.15) is 37.6 Å². The van der Waals surface area contributed by atoms with Gasteiger partial charge in [-0.05, 0) is 38.5 Å². The topological polar surface area (TPSA) is 78.1 Å². The van der Waals surface area contributed by atoms with E-state index in [1.807, 2.05) is 20.8 Å². The average molecular weight is 405 g/mol. The molecule has 6 nitrogen and oxygen atoms in total. The summed E-state index contributed by atoms with van der Waals surface area (Å²) in [5.41, 5.74) is 2.01. The molecule has 0 radical (unpaired) electrons. The molecule has 1 aromatic carbocycles. The fourth-order valence-electron chi connectivity index (χ4n) is 3.10. The summed E-state index contributed by atoms with van der Waals surface area (Å²) in [5.74, 6) is -0.145. The van der Waals surface area contributed by atoms with Crippen molar-refractivity contribution in [3.63, 3.8) is 0 Å². The first-order valence-electron chi connectivity index (χ1n) is 9.22. The fraction of sp³-hybridized carbons (Fsp3) is 0.450. The van der Waals surface area contributed by atoms with Crippen molar-refractivity contribution in [2.24, 2.45) is 0 Å². The zero-order valence-electron chi connectivity index (χ0n) is 16.3. The Bertz CT molecular complexity index is 906. The lowest BCUT2D eigenvalue weighted by Gasteiger charge is -2.27. The number of carbonyl (C=O) groups is 1. The fourth-order valence-corrected chi connectivity index (χ4v) is 3.78. The molecule has 150 valence electrons. The van der Waals surface area contributed by atoms with Crippen LogP contribution in [-0.4, -0.2) is 38.6 Å². The highest BCUT2D eigenvalue weighted by Crippen LogP contribution is 2.19. The van der Waals surface area contributed by atoms with Crippen LogP contribution in [0.4, 0.5) is 4.39 Å². The Labute approximate surface area is 167 Å². The number of hydrogen-bond acceptors (Lipinski definition) is 5. The molecule has 0 saturated heterocycles. The summed E-state index contributed by atoms with van der Waals surface area (Å²) in [7, 11) is 0. The third-order valence-electron chi connectivity index (χ3n) is 4.30. The molecule has 0 saturated carbocycles. The van der Waals surface area contributed by atoms with Gasteiger partial charge in [0.25, 0.3) is 5.56 Å². The second-order valence-electron chi connectivity index (χ2n) is 7.97. The van der Waals surface area contributed by atoms with Gasteiger partial charge in [-0.2, -0.15) is 0 Å². The number of nitrogens with one attached hydrogen (secondary N) is 2. The normalized spacial score (nSPS) is 14.6. The molecule has 1 amide bonds. The van der Waals surface area contributed by atoms with E-state index >= 15 is 0 Å². The number of rotatable bonds is 5. The summed E-state index contributed by atoms with van der Waals surface area (Å²) in [6, 6.07) is 6.41. The van der Waals surface area contributed by atoms with Crippen molar-refractivity contribution in [2.45, 2.75) is 51.0 Å². The zero-order valence-corrected chi connectivity index (χ0v) is 17.2. The summed E-state index contributed by atoms with van der Waals surface area (Å²) in [5, 5.41) is 3.36. The molecule has 0 fully saturated rings. The Morgan fingerprint density at radius 3 is 2.71 bits per heavy atom. The van der Waals surface area contributed by atoms with E-state index in [0.29, 0.717) is 30.2 Å². The number of amides is 1. The average Bonchev–Trinajstić information content (AvgIpc) is 2.61. The van der Waals surface area contributed by atoms with E-state index in [0.717, 1.165) is 17.8 Å². The lowest BCUT2D eigenvalue weighted by molar-refractivity contribution is -0.119. The Morgan fingerprint density at radius 2 is 2.04 bits per heavy atom. The predicted molar refractivity (Wildman–Crippen MR) is 108 cm³/mol. The number of benzene rings is 1. The van der Waals surface area contributed by atoms with E-state index in [-0.39, 0.29) is 28.6 Å². The van der Waals surface area contributed by atoms with Gasteiger partial charge in [-0.1, -0.05) is 23.9 Å². The molecule has 0 spiro atoms. The van der Waals surface area contributed by atoms with E-state index in [2.05, 4.69) is 20.2 Å². The van der Waals surface area contributed by atoms with E-state index in [1.54, 1.807) is 12.1 Å². The lowest BCUT2D eigenvalue weighted by atomic mass is 10.1. The van der Waals surface area contributed by atoms with Crippen LogP contribution >= 0.6 is 11.8 Å². The van der Waals surface area contributed by atoms with Crippen LogP contribution in [-0.2, 0) is 24.3 Å². The van der Waals surface area contributed by atoms with Crippen LogP contribution < -0.4 is 10.9 Å². The first kappa shape index (κ1) is 20.5.